The SMILES string of the molecule is COc1cc2c(C(C)=C3C(=O)OC(=O)C3=C(C)C)c(C)oc2c2ccccc12. The van der Waals surface area contributed by atoms with E-state index in [0.29, 0.717) is 22.5 Å². The molecule has 0 aliphatic carbocycles. The molecule has 1 aliphatic rings. The molecule has 4 rings (SSSR count). The van der Waals surface area contributed by atoms with Crippen LogP contribution in [0.25, 0.3) is 27.3 Å². The average Bonchev–Trinajstić information content (AvgIpc) is 3.15. The van der Waals surface area contributed by atoms with E-state index >= 15 is 0 Å². The van der Waals surface area contributed by atoms with Gasteiger partial charge < -0.3 is 13.9 Å². The van der Waals surface area contributed by atoms with E-state index < -0.39 is 11.9 Å². The molecule has 5 nitrogen and oxygen atoms in total. The first-order valence-corrected chi connectivity index (χ1v) is 8.99. The zero-order valence-electron chi connectivity index (χ0n) is 16.4. The summed E-state index contributed by atoms with van der Waals surface area (Å²) in [7, 11) is 1.62. The largest absolute Gasteiger partial charge is 0.496 e. The van der Waals surface area contributed by atoms with Crippen molar-refractivity contribution >= 4 is 39.3 Å². The van der Waals surface area contributed by atoms with E-state index in [1.807, 2.05) is 44.2 Å². The van der Waals surface area contributed by atoms with Crippen molar-refractivity contribution in [3.8, 4) is 5.75 Å². The summed E-state index contributed by atoms with van der Waals surface area (Å²) in [5, 5.41) is 2.71. The number of furan rings is 1. The first-order valence-electron chi connectivity index (χ1n) is 8.99. The molecule has 1 aliphatic heterocycles. The van der Waals surface area contributed by atoms with Crippen LogP contribution in [-0.2, 0) is 14.3 Å². The predicted molar refractivity (Wildman–Crippen MR) is 107 cm³/mol. The van der Waals surface area contributed by atoms with Crippen molar-refractivity contribution in [2.75, 3.05) is 7.11 Å². The zero-order chi connectivity index (χ0) is 20.2. The fourth-order valence-corrected chi connectivity index (χ4v) is 3.95. The highest BCUT2D eigenvalue weighted by Gasteiger charge is 2.37. The number of rotatable bonds is 2. The Hall–Kier alpha value is -3.34. The molecule has 2 aromatic carbocycles. The smallest absolute Gasteiger partial charge is 0.347 e. The van der Waals surface area contributed by atoms with Gasteiger partial charge in [0, 0.05) is 21.7 Å². The third-order valence-corrected chi connectivity index (χ3v) is 5.15. The van der Waals surface area contributed by atoms with Crippen molar-refractivity contribution in [3.63, 3.8) is 0 Å². The number of allylic oxidation sites excluding steroid dienone is 2. The number of hydrogen-bond donors (Lipinski definition) is 0. The molecule has 5 heteroatoms. The lowest BCUT2D eigenvalue weighted by Crippen LogP contribution is -2.00. The fourth-order valence-electron chi connectivity index (χ4n) is 3.95. The second-order valence-electron chi connectivity index (χ2n) is 7.09. The lowest BCUT2D eigenvalue weighted by molar-refractivity contribution is -0.149. The highest BCUT2D eigenvalue weighted by atomic mass is 16.6. The van der Waals surface area contributed by atoms with Gasteiger partial charge in [-0.3, -0.25) is 0 Å². The van der Waals surface area contributed by atoms with Gasteiger partial charge in [-0.2, -0.15) is 0 Å². The van der Waals surface area contributed by atoms with Gasteiger partial charge in [-0.15, -0.1) is 0 Å². The van der Waals surface area contributed by atoms with Crippen molar-refractivity contribution in [1.82, 2.24) is 0 Å². The number of aryl methyl sites for hydroxylation is 1. The summed E-state index contributed by atoms with van der Waals surface area (Å²) < 4.78 is 16.6. The van der Waals surface area contributed by atoms with E-state index in [1.165, 1.54) is 0 Å². The highest BCUT2D eigenvalue weighted by Crippen LogP contribution is 2.42. The van der Waals surface area contributed by atoms with Crippen molar-refractivity contribution in [2.45, 2.75) is 27.7 Å². The van der Waals surface area contributed by atoms with Crippen molar-refractivity contribution < 1.29 is 23.5 Å². The Kier molecular flexibility index (Phi) is 4.11. The molecule has 2 heterocycles. The van der Waals surface area contributed by atoms with Crippen LogP contribution in [0.4, 0.5) is 0 Å². The number of cyclic esters (lactones) is 2. The standard InChI is InChI=1S/C23H20O5/c1-11(2)18-20(23(25)28-22(18)24)12(3)19-13(4)27-21-15-9-7-6-8-14(15)17(26-5)10-16(19)21/h6-10H,1-5H3. The van der Waals surface area contributed by atoms with Gasteiger partial charge >= 0.3 is 11.9 Å². The molecule has 0 bridgehead atoms. The first kappa shape index (κ1) is 18.0. The van der Waals surface area contributed by atoms with Crippen LogP contribution in [0.3, 0.4) is 0 Å². The lowest BCUT2D eigenvalue weighted by atomic mass is 9.92. The Morgan fingerprint density at radius 3 is 2.21 bits per heavy atom. The zero-order valence-corrected chi connectivity index (χ0v) is 16.4. The third-order valence-electron chi connectivity index (χ3n) is 5.15. The van der Waals surface area contributed by atoms with Crippen LogP contribution in [0, 0.1) is 6.92 Å². The van der Waals surface area contributed by atoms with Gasteiger partial charge in [0.05, 0.1) is 18.3 Å². The number of carbonyl (C=O) groups is 2. The van der Waals surface area contributed by atoms with E-state index in [4.69, 9.17) is 13.9 Å². The third kappa shape index (κ3) is 2.47. The number of carbonyl (C=O) groups excluding carboxylic acids is 2. The average molecular weight is 376 g/mol. The van der Waals surface area contributed by atoms with Crippen LogP contribution in [0.1, 0.15) is 32.1 Å². The van der Waals surface area contributed by atoms with Gasteiger partial charge in [0.25, 0.3) is 0 Å². The summed E-state index contributed by atoms with van der Waals surface area (Å²) in [5.41, 5.74) is 3.51. The second-order valence-corrected chi connectivity index (χ2v) is 7.09. The number of hydrogen-bond acceptors (Lipinski definition) is 5. The topological polar surface area (TPSA) is 65.7 Å². The van der Waals surface area contributed by atoms with Crippen LogP contribution in [0.2, 0.25) is 0 Å². The maximum atomic E-state index is 12.4. The quantitative estimate of drug-likeness (QED) is 0.354. The normalized spacial score (nSPS) is 16.1. The van der Waals surface area contributed by atoms with Gasteiger partial charge in [-0.25, -0.2) is 9.59 Å². The van der Waals surface area contributed by atoms with Crippen LogP contribution >= 0.6 is 0 Å². The molecule has 0 N–H and O–H groups in total. The molecule has 0 saturated carbocycles. The number of esters is 2. The molecule has 0 spiro atoms. The lowest BCUT2D eigenvalue weighted by Gasteiger charge is -2.08. The fraction of sp³-hybridized carbons (Fsp3) is 0.217. The molecule has 0 amide bonds. The molecule has 3 aromatic rings. The van der Waals surface area contributed by atoms with E-state index in [0.717, 1.165) is 38.6 Å². The van der Waals surface area contributed by atoms with Crippen molar-refractivity contribution in [2.24, 2.45) is 0 Å². The highest BCUT2D eigenvalue weighted by molar-refractivity contribution is 6.23. The molecule has 0 unspecified atom stereocenters. The number of ether oxygens (including phenoxy) is 2. The maximum Gasteiger partial charge on any atom is 0.347 e. The van der Waals surface area contributed by atoms with E-state index in [2.05, 4.69) is 0 Å². The van der Waals surface area contributed by atoms with Crippen LogP contribution < -0.4 is 4.74 Å². The summed E-state index contributed by atoms with van der Waals surface area (Å²) in [6.45, 7) is 7.25. The van der Waals surface area contributed by atoms with Gasteiger partial charge in [0.15, 0.2) is 0 Å². The van der Waals surface area contributed by atoms with Gasteiger partial charge in [0.2, 0.25) is 0 Å². The molecule has 28 heavy (non-hydrogen) atoms. The number of methoxy groups -OCH3 is 1. The van der Waals surface area contributed by atoms with E-state index in [9.17, 15) is 9.59 Å². The summed E-state index contributed by atoms with van der Waals surface area (Å²) in [4.78, 5) is 24.6. The van der Waals surface area contributed by atoms with Crippen molar-refractivity contribution in [1.29, 1.82) is 0 Å². The Labute approximate surface area is 162 Å². The molecule has 0 atom stereocenters. The summed E-state index contributed by atoms with van der Waals surface area (Å²) >= 11 is 0. The summed E-state index contributed by atoms with van der Waals surface area (Å²) in [5.74, 6) is 0.155. The summed E-state index contributed by atoms with van der Waals surface area (Å²) in [6.07, 6.45) is 0. The Balaban J connectivity index is 2.11. The maximum absolute atomic E-state index is 12.4. The Bertz CT molecular complexity index is 1230. The van der Waals surface area contributed by atoms with E-state index in [1.54, 1.807) is 21.0 Å². The second kappa shape index (κ2) is 6.37. The van der Waals surface area contributed by atoms with Crippen LogP contribution in [-0.4, -0.2) is 19.0 Å². The number of benzene rings is 2. The monoisotopic (exact) mass is 376 g/mol. The molecule has 1 fully saturated rings. The Morgan fingerprint density at radius 1 is 0.929 bits per heavy atom. The van der Waals surface area contributed by atoms with Crippen LogP contribution in [0.15, 0.2) is 51.5 Å². The molecule has 1 aromatic heterocycles. The predicted octanol–water partition coefficient (Wildman–Crippen LogP) is 5.10. The molecular formula is C23H20O5. The van der Waals surface area contributed by atoms with Gasteiger partial charge in [-0.05, 0) is 39.3 Å². The molecular weight excluding hydrogens is 356 g/mol. The van der Waals surface area contributed by atoms with Crippen molar-refractivity contribution in [3.05, 3.63) is 58.4 Å². The van der Waals surface area contributed by atoms with Crippen LogP contribution in [0.5, 0.6) is 5.75 Å². The number of fused-ring (bicyclic) bond motifs is 3. The Morgan fingerprint density at radius 2 is 1.57 bits per heavy atom. The van der Waals surface area contributed by atoms with Gasteiger partial charge in [-0.1, -0.05) is 29.8 Å². The van der Waals surface area contributed by atoms with Gasteiger partial charge in [0.1, 0.15) is 17.1 Å². The van der Waals surface area contributed by atoms with E-state index in [-0.39, 0.29) is 0 Å². The summed E-state index contributed by atoms with van der Waals surface area (Å²) in [6, 6.07) is 9.76. The minimum Gasteiger partial charge on any atom is -0.496 e. The first-order chi connectivity index (χ1) is 13.3. The minimum absolute atomic E-state index is 0.294. The molecule has 0 radical (unpaired) electrons. The minimum atomic E-state index is -0.625. The molecule has 142 valence electrons. The molecule has 1 saturated heterocycles.